The van der Waals surface area contributed by atoms with Crippen LogP contribution in [0.3, 0.4) is 0 Å². The molecule has 0 saturated carbocycles. The van der Waals surface area contributed by atoms with Gasteiger partial charge in [0.05, 0.1) is 6.61 Å². The molecule has 0 aromatic carbocycles. The van der Waals surface area contributed by atoms with E-state index < -0.39 is 67.3 Å². The molecule has 1 saturated heterocycles. The molecule has 6 atom stereocenters. The number of carbonyl (C=O) groups excluding carboxylic acids is 3. The Kier molecular flexibility index (Phi) is 45.9. The number of aliphatic carboxylic acids is 1. The van der Waals surface area contributed by atoms with E-state index in [0.717, 1.165) is 109 Å². The van der Waals surface area contributed by atoms with Gasteiger partial charge in [-0.25, -0.2) is 4.79 Å². The molecular formula is C61H106O12. The normalized spacial score (nSPS) is 18.6. The number of carboxylic acids is 1. The molecule has 422 valence electrons. The molecule has 12 heteroatoms. The van der Waals surface area contributed by atoms with Gasteiger partial charge in [-0.05, 0) is 57.8 Å². The number of esters is 3. The summed E-state index contributed by atoms with van der Waals surface area (Å²) in [6.45, 7) is 5.86. The number of unbranched alkanes of at least 4 members (excludes halogenated alkanes) is 28. The van der Waals surface area contributed by atoms with Crippen molar-refractivity contribution in [3.63, 3.8) is 0 Å². The van der Waals surface area contributed by atoms with Crippen molar-refractivity contribution >= 4 is 23.9 Å². The second kappa shape index (κ2) is 49.6. The van der Waals surface area contributed by atoms with Crippen LogP contribution >= 0.6 is 0 Å². The van der Waals surface area contributed by atoms with Crippen molar-refractivity contribution in [1.82, 2.24) is 0 Å². The van der Waals surface area contributed by atoms with Crippen molar-refractivity contribution < 1.29 is 58.2 Å². The van der Waals surface area contributed by atoms with Gasteiger partial charge in [-0.15, -0.1) is 0 Å². The van der Waals surface area contributed by atoms with Crippen LogP contribution in [-0.4, -0.2) is 89.2 Å². The van der Waals surface area contributed by atoms with Gasteiger partial charge in [0.25, 0.3) is 0 Å². The van der Waals surface area contributed by atoms with E-state index in [1.807, 2.05) is 0 Å². The predicted octanol–water partition coefficient (Wildman–Crippen LogP) is 15.0. The number of hydrogen-bond acceptors (Lipinski definition) is 11. The average Bonchev–Trinajstić information content (AvgIpc) is 3.37. The maximum absolute atomic E-state index is 13.1. The number of allylic oxidation sites excluding steroid dienone is 8. The number of carbonyl (C=O) groups is 4. The minimum Gasteiger partial charge on any atom is -0.479 e. The number of rotatable bonds is 50. The molecule has 0 radical (unpaired) electrons. The highest BCUT2D eigenvalue weighted by atomic mass is 16.7. The molecule has 1 aliphatic rings. The van der Waals surface area contributed by atoms with Crippen molar-refractivity contribution in [2.24, 2.45) is 0 Å². The Hall–Kier alpha value is -3.32. The molecule has 0 spiro atoms. The van der Waals surface area contributed by atoms with Crippen LogP contribution in [0.5, 0.6) is 0 Å². The van der Waals surface area contributed by atoms with Gasteiger partial charge in [-0.1, -0.05) is 236 Å². The van der Waals surface area contributed by atoms with Crippen LogP contribution in [-0.2, 0) is 42.9 Å². The highest BCUT2D eigenvalue weighted by molar-refractivity contribution is 5.74. The van der Waals surface area contributed by atoms with Crippen LogP contribution in [0.15, 0.2) is 48.6 Å². The molecule has 0 aliphatic carbocycles. The first-order valence-corrected chi connectivity index (χ1v) is 29.6. The summed E-state index contributed by atoms with van der Waals surface area (Å²) in [7, 11) is 0. The van der Waals surface area contributed by atoms with Gasteiger partial charge in [-0.3, -0.25) is 14.4 Å². The van der Waals surface area contributed by atoms with E-state index in [9.17, 15) is 34.5 Å². The van der Waals surface area contributed by atoms with Gasteiger partial charge >= 0.3 is 23.9 Å². The fraction of sp³-hybridized carbons (Fsp3) is 0.803. The Labute approximate surface area is 443 Å². The summed E-state index contributed by atoms with van der Waals surface area (Å²) in [6, 6.07) is 0. The fourth-order valence-electron chi connectivity index (χ4n) is 8.89. The van der Waals surface area contributed by atoms with Crippen LogP contribution in [0, 0.1) is 0 Å². The van der Waals surface area contributed by atoms with E-state index in [4.69, 9.17) is 23.7 Å². The van der Waals surface area contributed by atoms with Gasteiger partial charge in [0, 0.05) is 19.3 Å². The van der Waals surface area contributed by atoms with E-state index in [1.54, 1.807) is 0 Å². The Morgan fingerprint density at radius 3 is 1.32 bits per heavy atom. The lowest BCUT2D eigenvalue weighted by Crippen LogP contribution is -2.61. The summed E-state index contributed by atoms with van der Waals surface area (Å²) >= 11 is 0. The van der Waals surface area contributed by atoms with Crippen molar-refractivity contribution in [3.05, 3.63) is 48.6 Å². The summed E-state index contributed by atoms with van der Waals surface area (Å²) in [6.07, 6.45) is 46.6. The first kappa shape index (κ1) is 67.7. The second-order valence-electron chi connectivity index (χ2n) is 20.3. The highest BCUT2D eigenvalue weighted by Crippen LogP contribution is 2.26. The SMILES string of the molecule is CC/C=C\C/C=C\C/C=C\C/C=C\CCCCCCCCC(=O)OCC(COC1OC(C(=O)O)C(O)C(O)C1OC(=O)CCCCCCCCCCCCCCCCC)OC(=O)CCCCCCCCCCC. The molecule has 1 fully saturated rings. The minimum absolute atomic E-state index is 0.0639. The fourth-order valence-corrected chi connectivity index (χ4v) is 8.89. The number of carboxylic acid groups (broad SMARTS) is 1. The lowest BCUT2D eigenvalue weighted by atomic mass is 9.98. The molecule has 3 N–H and O–H groups in total. The van der Waals surface area contributed by atoms with Crippen LogP contribution in [0.25, 0.3) is 0 Å². The summed E-state index contributed by atoms with van der Waals surface area (Å²) in [4.78, 5) is 51.0. The predicted molar refractivity (Wildman–Crippen MR) is 294 cm³/mol. The van der Waals surface area contributed by atoms with Crippen molar-refractivity contribution in [1.29, 1.82) is 0 Å². The van der Waals surface area contributed by atoms with Crippen LogP contribution in [0.4, 0.5) is 0 Å². The Morgan fingerprint density at radius 1 is 0.466 bits per heavy atom. The third-order valence-electron chi connectivity index (χ3n) is 13.4. The molecule has 1 rings (SSSR count). The molecule has 12 nitrogen and oxygen atoms in total. The van der Waals surface area contributed by atoms with Gasteiger partial charge in [-0.2, -0.15) is 0 Å². The molecule has 1 heterocycles. The number of aliphatic hydroxyl groups is 2. The molecule has 73 heavy (non-hydrogen) atoms. The quantitative estimate of drug-likeness (QED) is 0.0228. The lowest BCUT2D eigenvalue weighted by Gasteiger charge is -2.40. The van der Waals surface area contributed by atoms with Crippen molar-refractivity contribution in [2.75, 3.05) is 13.2 Å². The van der Waals surface area contributed by atoms with Gasteiger partial charge in [0.15, 0.2) is 24.6 Å². The summed E-state index contributed by atoms with van der Waals surface area (Å²) in [5.41, 5.74) is 0. The van der Waals surface area contributed by atoms with E-state index in [0.29, 0.717) is 19.3 Å². The number of ether oxygens (including phenoxy) is 5. The summed E-state index contributed by atoms with van der Waals surface area (Å²) in [5.74, 6) is -3.12. The molecule has 0 amide bonds. The van der Waals surface area contributed by atoms with E-state index in [2.05, 4.69) is 69.4 Å². The summed E-state index contributed by atoms with van der Waals surface area (Å²) in [5, 5.41) is 31.4. The Bertz CT molecular complexity index is 1460. The molecular weight excluding hydrogens is 925 g/mol. The third-order valence-corrected chi connectivity index (χ3v) is 13.4. The standard InChI is InChI=1S/C61H106O12/c1-4-7-10-13-16-19-21-23-25-26-27-28-30-31-33-36-38-41-44-47-53(62)69-50-52(71-54(63)48-45-42-39-35-18-15-12-9-6-3)51-70-61-59(57(66)56(65)58(73-61)60(67)68)72-55(64)49-46-43-40-37-34-32-29-24-22-20-17-14-11-8-5-2/h7,10,16,19,23,25,27-28,52,56-59,61,65-66H,4-6,8-9,11-15,17-18,20-22,24,26,29-51H2,1-3H3,(H,67,68)/b10-7-,19-16-,25-23-,28-27-. The number of hydrogen-bond donors (Lipinski definition) is 3. The van der Waals surface area contributed by atoms with Crippen LogP contribution in [0.2, 0.25) is 0 Å². The third kappa shape index (κ3) is 39.7. The van der Waals surface area contributed by atoms with Gasteiger partial charge in [0.1, 0.15) is 18.8 Å². The monoisotopic (exact) mass is 1030 g/mol. The average molecular weight is 1030 g/mol. The Morgan fingerprint density at radius 2 is 0.863 bits per heavy atom. The second-order valence-corrected chi connectivity index (χ2v) is 20.3. The zero-order valence-corrected chi connectivity index (χ0v) is 46.4. The van der Waals surface area contributed by atoms with Crippen molar-refractivity contribution in [2.45, 2.75) is 302 Å². The molecule has 0 aromatic rings. The van der Waals surface area contributed by atoms with E-state index in [1.165, 1.54) is 96.3 Å². The Balaban J connectivity index is 2.63. The van der Waals surface area contributed by atoms with E-state index >= 15 is 0 Å². The topological polar surface area (TPSA) is 175 Å². The molecule has 0 aromatic heterocycles. The molecule has 0 bridgehead atoms. The van der Waals surface area contributed by atoms with Gasteiger partial charge < -0.3 is 39.0 Å². The van der Waals surface area contributed by atoms with E-state index in [-0.39, 0.29) is 25.9 Å². The largest absolute Gasteiger partial charge is 0.479 e. The van der Waals surface area contributed by atoms with Crippen LogP contribution < -0.4 is 0 Å². The van der Waals surface area contributed by atoms with Crippen LogP contribution in [0.1, 0.15) is 265 Å². The minimum atomic E-state index is -1.90. The smallest absolute Gasteiger partial charge is 0.335 e. The maximum atomic E-state index is 13.1. The number of aliphatic hydroxyl groups excluding tert-OH is 2. The maximum Gasteiger partial charge on any atom is 0.335 e. The highest BCUT2D eigenvalue weighted by Gasteiger charge is 2.50. The van der Waals surface area contributed by atoms with Crippen molar-refractivity contribution in [3.8, 4) is 0 Å². The zero-order valence-electron chi connectivity index (χ0n) is 46.4. The molecule has 6 unspecified atom stereocenters. The first-order valence-electron chi connectivity index (χ1n) is 29.6. The lowest BCUT2D eigenvalue weighted by molar-refractivity contribution is -0.301. The summed E-state index contributed by atoms with van der Waals surface area (Å²) < 4.78 is 28.4. The zero-order chi connectivity index (χ0) is 53.3. The van der Waals surface area contributed by atoms with Gasteiger partial charge in [0.2, 0.25) is 0 Å². The first-order chi connectivity index (χ1) is 35.6. The molecule has 1 aliphatic heterocycles.